The lowest BCUT2D eigenvalue weighted by Gasteiger charge is -2.34. The van der Waals surface area contributed by atoms with Gasteiger partial charge in [-0.25, -0.2) is 0 Å². The maximum Gasteiger partial charge on any atom is 0.306 e. The third kappa shape index (κ3) is 12.2. The van der Waals surface area contributed by atoms with Gasteiger partial charge in [0, 0.05) is 28.4 Å². The van der Waals surface area contributed by atoms with Crippen molar-refractivity contribution < 1.29 is 29.6 Å². The summed E-state index contributed by atoms with van der Waals surface area (Å²) in [4.78, 5) is 11.3. The Kier molecular flexibility index (Phi) is 17.0. The highest BCUT2D eigenvalue weighted by molar-refractivity contribution is 5.71. The zero-order valence-corrected chi connectivity index (χ0v) is 40.7. The van der Waals surface area contributed by atoms with Gasteiger partial charge >= 0.3 is 5.97 Å². The van der Waals surface area contributed by atoms with Gasteiger partial charge in [-0.2, -0.15) is 0 Å². The molecule has 1 fully saturated rings. The second-order valence-corrected chi connectivity index (χ2v) is 19.7. The van der Waals surface area contributed by atoms with Crippen LogP contribution in [0.15, 0.2) is 72.8 Å². The summed E-state index contributed by atoms with van der Waals surface area (Å²) in [7, 11) is 0. The number of carbonyl (C=O) groups is 1. The summed E-state index contributed by atoms with van der Waals surface area (Å²) in [5, 5.41) is 30.4. The molecule has 5 rings (SSSR count). The van der Waals surface area contributed by atoms with Crippen LogP contribution in [0.3, 0.4) is 0 Å². The Labute approximate surface area is 379 Å². The standard InChI is InChI=1S/C31H40O4.C26H34O2/c1-8-31(9-2,24-12-10-23(21(3)18-24)11-16-28(32)30(5,6)7)25-13-15-27(22(4)19-25)34-20-26-14-17-29(33)35-26;1-8-26(9-2,22-13-14-23(27)19(4)17-22)21-12-10-20(18(3)16-21)11-15-24(28)25(5,6)7/h10,12-13,15,18-19,26,28,32H,8-9,14,17,20H2,1-7H3;10,12-14,16-17,24,27-28H,8-9H2,1-7H3/t26-,28?;/m0./s1. The first-order chi connectivity index (χ1) is 29.5. The second kappa shape index (κ2) is 21.1. The summed E-state index contributed by atoms with van der Waals surface area (Å²) < 4.78 is 11.3. The molecule has 0 amide bonds. The van der Waals surface area contributed by atoms with Gasteiger partial charge in [0.2, 0.25) is 0 Å². The second-order valence-electron chi connectivity index (χ2n) is 19.7. The molecule has 0 radical (unpaired) electrons. The normalized spacial score (nSPS) is 15.2. The quantitative estimate of drug-likeness (QED) is 0.103. The number of phenolic OH excluding ortho intramolecular Hbond substituents is 1. The number of benzene rings is 4. The molecule has 6 heteroatoms. The summed E-state index contributed by atoms with van der Waals surface area (Å²) in [6.45, 7) is 29.4. The fourth-order valence-corrected chi connectivity index (χ4v) is 8.34. The third-order valence-corrected chi connectivity index (χ3v) is 13.2. The molecule has 0 spiro atoms. The Hall–Kier alpha value is -5.01. The van der Waals surface area contributed by atoms with Crippen molar-refractivity contribution >= 4 is 5.97 Å². The van der Waals surface area contributed by atoms with Crippen LogP contribution in [0.2, 0.25) is 0 Å². The predicted octanol–water partition coefficient (Wildman–Crippen LogP) is 12.1. The first-order valence-corrected chi connectivity index (χ1v) is 22.9. The molecule has 4 aromatic carbocycles. The summed E-state index contributed by atoms with van der Waals surface area (Å²) in [6, 6.07) is 25.3. The van der Waals surface area contributed by atoms with Crippen molar-refractivity contribution in [3.05, 3.63) is 128 Å². The zero-order valence-electron chi connectivity index (χ0n) is 40.7. The van der Waals surface area contributed by atoms with E-state index in [1.807, 2.05) is 60.6 Å². The number of phenols is 1. The molecule has 338 valence electrons. The number of carbonyl (C=O) groups excluding carboxylic acids is 1. The molecule has 1 aliphatic rings. The fraction of sp³-hybridized carbons (Fsp3) is 0.491. The first-order valence-electron chi connectivity index (χ1n) is 22.9. The van der Waals surface area contributed by atoms with E-state index >= 15 is 0 Å². The molecule has 3 atom stereocenters. The van der Waals surface area contributed by atoms with Crippen LogP contribution in [0.4, 0.5) is 0 Å². The van der Waals surface area contributed by atoms with E-state index in [0.29, 0.717) is 18.8 Å². The lowest BCUT2D eigenvalue weighted by atomic mass is 9.70. The minimum absolute atomic E-state index is 0.0971. The van der Waals surface area contributed by atoms with Crippen LogP contribution in [0.1, 0.15) is 163 Å². The van der Waals surface area contributed by atoms with E-state index in [0.717, 1.165) is 71.2 Å². The Morgan fingerprint density at radius 1 is 0.619 bits per heavy atom. The molecule has 0 bridgehead atoms. The summed E-state index contributed by atoms with van der Waals surface area (Å²) in [6.07, 6.45) is 3.60. The molecule has 6 nitrogen and oxygen atoms in total. The van der Waals surface area contributed by atoms with Crippen LogP contribution in [-0.4, -0.2) is 46.2 Å². The van der Waals surface area contributed by atoms with E-state index in [1.54, 1.807) is 6.07 Å². The molecular formula is C57H74O6. The van der Waals surface area contributed by atoms with Crippen LogP contribution >= 0.6 is 0 Å². The van der Waals surface area contributed by atoms with Gasteiger partial charge in [-0.1, -0.05) is 141 Å². The zero-order chi connectivity index (χ0) is 46.9. The maximum absolute atomic E-state index is 11.3. The van der Waals surface area contributed by atoms with E-state index < -0.39 is 12.2 Å². The average Bonchev–Trinajstić information content (AvgIpc) is 3.66. The van der Waals surface area contributed by atoms with Crippen LogP contribution in [-0.2, 0) is 20.4 Å². The molecule has 0 saturated carbocycles. The van der Waals surface area contributed by atoms with Gasteiger partial charge in [-0.05, 0) is 139 Å². The Balaban J connectivity index is 0.000000284. The van der Waals surface area contributed by atoms with Crippen molar-refractivity contribution in [3.63, 3.8) is 0 Å². The highest BCUT2D eigenvalue weighted by Crippen LogP contribution is 2.42. The number of hydrogen-bond acceptors (Lipinski definition) is 6. The predicted molar refractivity (Wildman–Crippen MR) is 258 cm³/mol. The minimum Gasteiger partial charge on any atom is -0.508 e. The van der Waals surface area contributed by atoms with Gasteiger partial charge in [0.25, 0.3) is 0 Å². The molecule has 1 heterocycles. The lowest BCUT2D eigenvalue weighted by Crippen LogP contribution is -2.26. The Morgan fingerprint density at radius 2 is 1.02 bits per heavy atom. The number of ether oxygens (including phenoxy) is 2. The molecule has 0 aliphatic carbocycles. The van der Waals surface area contributed by atoms with E-state index in [9.17, 15) is 20.1 Å². The van der Waals surface area contributed by atoms with Crippen LogP contribution in [0, 0.1) is 62.2 Å². The smallest absolute Gasteiger partial charge is 0.306 e. The van der Waals surface area contributed by atoms with Crippen molar-refractivity contribution in [1.29, 1.82) is 0 Å². The maximum atomic E-state index is 11.3. The van der Waals surface area contributed by atoms with Crippen LogP contribution in [0.25, 0.3) is 0 Å². The SMILES string of the molecule is CCC(CC)(c1ccc(C#CC(O)C(C)(C)C)c(C)c1)c1ccc(OC[C@@H]2CCC(=O)O2)c(C)c1.CCC(CC)(c1ccc(O)c(C)c1)c1ccc(C#CC(O)C(C)(C)C)c(C)c1. The molecular weight excluding hydrogens is 781 g/mol. The van der Waals surface area contributed by atoms with E-state index in [2.05, 4.69) is 127 Å². The summed E-state index contributed by atoms with van der Waals surface area (Å²) >= 11 is 0. The van der Waals surface area contributed by atoms with Crippen molar-refractivity contribution in [1.82, 2.24) is 0 Å². The Bertz CT molecular complexity index is 2320. The van der Waals surface area contributed by atoms with E-state index in [4.69, 9.17) is 9.47 Å². The van der Waals surface area contributed by atoms with Crippen LogP contribution in [0.5, 0.6) is 11.5 Å². The van der Waals surface area contributed by atoms with Crippen LogP contribution < -0.4 is 4.74 Å². The number of esters is 1. The molecule has 1 saturated heterocycles. The largest absolute Gasteiger partial charge is 0.508 e. The van der Waals surface area contributed by atoms with E-state index in [-0.39, 0.29) is 33.7 Å². The molecule has 4 aromatic rings. The van der Waals surface area contributed by atoms with E-state index in [1.165, 1.54) is 22.3 Å². The van der Waals surface area contributed by atoms with Crippen molar-refractivity contribution in [2.75, 3.05) is 6.61 Å². The number of cyclic esters (lactones) is 1. The summed E-state index contributed by atoms with van der Waals surface area (Å²) in [5.74, 6) is 13.4. The highest BCUT2D eigenvalue weighted by atomic mass is 16.6. The molecule has 1 aliphatic heterocycles. The molecule has 3 N–H and O–H groups in total. The van der Waals surface area contributed by atoms with Crippen molar-refractivity contribution in [2.24, 2.45) is 10.8 Å². The molecule has 63 heavy (non-hydrogen) atoms. The van der Waals surface area contributed by atoms with Crippen molar-refractivity contribution in [3.8, 4) is 35.2 Å². The van der Waals surface area contributed by atoms with Gasteiger partial charge in [0.05, 0.1) is 0 Å². The Morgan fingerprint density at radius 3 is 1.37 bits per heavy atom. The van der Waals surface area contributed by atoms with Gasteiger partial charge in [-0.3, -0.25) is 4.79 Å². The minimum atomic E-state index is -0.670. The van der Waals surface area contributed by atoms with Gasteiger partial charge < -0.3 is 24.8 Å². The van der Waals surface area contributed by atoms with Gasteiger partial charge in [0.15, 0.2) is 0 Å². The first kappa shape index (κ1) is 50.6. The lowest BCUT2D eigenvalue weighted by molar-refractivity contribution is -0.142. The fourth-order valence-electron chi connectivity index (χ4n) is 8.34. The number of aromatic hydroxyl groups is 1. The molecule has 2 unspecified atom stereocenters. The molecule has 0 aromatic heterocycles. The summed E-state index contributed by atoms with van der Waals surface area (Å²) in [5.41, 5.74) is 10.4. The van der Waals surface area contributed by atoms with Crippen molar-refractivity contribution in [2.45, 2.75) is 165 Å². The number of aryl methyl sites for hydroxylation is 4. The number of aliphatic hydroxyl groups is 2. The number of hydrogen-bond donors (Lipinski definition) is 3. The van der Waals surface area contributed by atoms with Gasteiger partial charge in [-0.15, -0.1) is 0 Å². The van der Waals surface area contributed by atoms with Gasteiger partial charge in [0.1, 0.15) is 36.4 Å². The topological polar surface area (TPSA) is 96.2 Å². The number of rotatable bonds is 11. The third-order valence-electron chi connectivity index (χ3n) is 13.2. The average molecular weight is 855 g/mol. The monoisotopic (exact) mass is 855 g/mol. The number of aliphatic hydroxyl groups excluding tert-OH is 2. The highest BCUT2D eigenvalue weighted by Gasteiger charge is 2.33.